The summed E-state index contributed by atoms with van der Waals surface area (Å²) in [6.07, 6.45) is 15.1. The zero-order chi connectivity index (χ0) is 20.7. The predicted molar refractivity (Wildman–Crippen MR) is 127 cm³/mol. The van der Waals surface area contributed by atoms with Crippen LogP contribution >= 0.6 is 11.6 Å². The monoisotopic (exact) mass is 418 g/mol. The third kappa shape index (κ3) is 8.46. The fraction of sp³-hybridized carbons (Fsp3) is 0.615. The molecule has 3 heteroatoms. The van der Waals surface area contributed by atoms with E-state index in [0.29, 0.717) is 11.6 Å². The SMILES string of the molecule is CCCCCCCCOc1cccc2c(OCCCCCCCC)c(Cl)ccc12. The lowest BCUT2D eigenvalue weighted by molar-refractivity contribution is 0.305. The van der Waals surface area contributed by atoms with E-state index in [2.05, 4.69) is 19.9 Å². The first-order valence-electron chi connectivity index (χ1n) is 11.7. The molecule has 29 heavy (non-hydrogen) atoms. The molecular formula is C26H39ClO2. The van der Waals surface area contributed by atoms with E-state index in [1.54, 1.807) is 0 Å². The smallest absolute Gasteiger partial charge is 0.145 e. The van der Waals surface area contributed by atoms with Gasteiger partial charge in [-0.05, 0) is 31.0 Å². The van der Waals surface area contributed by atoms with Crippen LogP contribution in [0.25, 0.3) is 10.8 Å². The van der Waals surface area contributed by atoms with Gasteiger partial charge in [-0.3, -0.25) is 0 Å². The molecule has 2 aromatic rings. The number of ether oxygens (including phenoxy) is 2. The third-order valence-corrected chi connectivity index (χ3v) is 5.72. The first-order valence-corrected chi connectivity index (χ1v) is 12.1. The molecular weight excluding hydrogens is 380 g/mol. The van der Waals surface area contributed by atoms with Gasteiger partial charge in [0.2, 0.25) is 0 Å². The van der Waals surface area contributed by atoms with Crippen molar-refractivity contribution in [2.45, 2.75) is 90.9 Å². The summed E-state index contributed by atoms with van der Waals surface area (Å²) in [5, 5.41) is 2.81. The average molecular weight is 419 g/mol. The summed E-state index contributed by atoms with van der Waals surface area (Å²) in [6, 6.07) is 10.1. The third-order valence-electron chi connectivity index (χ3n) is 5.42. The molecule has 2 nitrogen and oxygen atoms in total. The van der Waals surface area contributed by atoms with Crippen LogP contribution in [0.1, 0.15) is 90.9 Å². The van der Waals surface area contributed by atoms with E-state index < -0.39 is 0 Å². The number of hydrogen-bond acceptors (Lipinski definition) is 2. The molecule has 0 unspecified atom stereocenters. The Labute approximate surface area is 182 Å². The molecule has 0 aliphatic carbocycles. The van der Waals surface area contributed by atoms with Crippen LogP contribution in [0, 0.1) is 0 Å². The standard InChI is InChI=1S/C26H39ClO2/c1-3-5-7-9-11-13-20-28-25-17-15-16-23-22(25)18-19-24(27)26(23)29-21-14-12-10-8-6-4-2/h15-19H,3-14,20-21H2,1-2H3. The summed E-state index contributed by atoms with van der Waals surface area (Å²) >= 11 is 6.46. The number of hydrogen-bond donors (Lipinski definition) is 0. The van der Waals surface area contributed by atoms with Crippen LogP contribution in [-0.2, 0) is 0 Å². The van der Waals surface area contributed by atoms with E-state index in [1.807, 2.05) is 24.3 Å². The minimum atomic E-state index is 0.677. The summed E-state index contributed by atoms with van der Waals surface area (Å²) in [5.74, 6) is 1.72. The lowest BCUT2D eigenvalue weighted by Crippen LogP contribution is -2.00. The van der Waals surface area contributed by atoms with Crippen molar-refractivity contribution in [2.75, 3.05) is 13.2 Å². The zero-order valence-electron chi connectivity index (χ0n) is 18.5. The summed E-state index contributed by atoms with van der Waals surface area (Å²) in [7, 11) is 0. The Morgan fingerprint density at radius 3 is 1.86 bits per heavy atom. The fourth-order valence-corrected chi connectivity index (χ4v) is 3.89. The van der Waals surface area contributed by atoms with E-state index in [9.17, 15) is 0 Å². The van der Waals surface area contributed by atoms with Crippen molar-refractivity contribution in [1.29, 1.82) is 0 Å². The minimum Gasteiger partial charge on any atom is -0.493 e. The molecule has 0 amide bonds. The van der Waals surface area contributed by atoms with Crippen molar-refractivity contribution in [3.8, 4) is 11.5 Å². The van der Waals surface area contributed by atoms with E-state index in [0.717, 1.165) is 41.7 Å². The molecule has 0 heterocycles. The second kappa shape index (κ2) is 14.6. The normalized spacial score (nSPS) is 11.1. The van der Waals surface area contributed by atoms with Crippen LogP contribution in [0.15, 0.2) is 30.3 Å². The summed E-state index contributed by atoms with van der Waals surface area (Å²) < 4.78 is 12.2. The van der Waals surface area contributed by atoms with Gasteiger partial charge < -0.3 is 9.47 Å². The van der Waals surface area contributed by atoms with Gasteiger partial charge in [0.1, 0.15) is 11.5 Å². The predicted octanol–water partition coefficient (Wildman–Crippen LogP) is 8.97. The zero-order valence-corrected chi connectivity index (χ0v) is 19.2. The van der Waals surface area contributed by atoms with Crippen molar-refractivity contribution in [3.05, 3.63) is 35.4 Å². The molecule has 2 aromatic carbocycles. The molecule has 0 saturated heterocycles. The van der Waals surface area contributed by atoms with Crippen molar-refractivity contribution < 1.29 is 9.47 Å². The molecule has 0 spiro atoms. The molecule has 162 valence electrons. The van der Waals surface area contributed by atoms with Crippen LogP contribution in [-0.4, -0.2) is 13.2 Å². The molecule has 0 aliphatic rings. The maximum atomic E-state index is 6.46. The topological polar surface area (TPSA) is 18.5 Å². The van der Waals surface area contributed by atoms with Gasteiger partial charge in [-0.1, -0.05) is 102 Å². The number of fused-ring (bicyclic) bond motifs is 1. The Bertz CT molecular complexity index is 698. The Balaban J connectivity index is 1.88. The first-order chi connectivity index (χ1) is 14.3. The molecule has 0 atom stereocenters. The Kier molecular flexibility index (Phi) is 12.0. The van der Waals surface area contributed by atoms with Crippen molar-refractivity contribution in [3.63, 3.8) is 0 Å². The van der Waals surface area contributed by atoms with Crippen LogP contribution < -0.4 is 9.47 Å². The van der Waals surface area contributed by atoms with Crippen molar-refractivity contribution in [2.24, 2.45) is 0 Å². The maximum Gasteiger partial charge on any atom is 0.145 e. The fourth-order valence-electron chi connectivity index (χ4n) is 3.67. The minimum absolute atomic E-state index is 0.677. The van der Waals surface area contributed by atoms with Crippen molar-refractivity contribution in [1.82, 2.24) is 0 Å². The van der Waals surface area contributed by atoms with Crippen LogP contribution in [0.4, 0.5) is 0 Å². The lowest BCUT2D eigenvalue weighted by atomic mass is 10.1. The summed E-state index contributed by atoms with van der Waals surface area (Å²) in [6.45, 7) is 5.98. The van der Waals surface area contributed by atoms with E-state index in [-0.39, 0.29) is 0 Å². The van der Waals surface area contributed by atoms with E-state index >= 15 is 0 Å². The van der Waals surface area contributed by atoms with Crippen molar-refractivity contribution >= 4 is 22.4 Å². The molecule has 0 saturated carbocycles. The Hall–Kier alpha value is -1.41. The molecule has 0 bridgehead atoms. The van der Waals surface area contributed by atoms with E-state index in [1.165, 1.54) is 64.2 Å². The molecule has 0 radical (unpaired) electrons. The van der Waals surface area contributed by atoms with Gasteiger partial charge in [0.15, 0.2) is 0 Å². The summed E-state index contributed by atoms with van der Waals surface area (Å²) in [4.78, 5) is 0. The van der Waals surface area contributed by atoms with Crippen LogP contribution in [0.3, 0.4) is 0 Å². The number of rotatable bonds is 16. The molecule has 0 aliphatic heterocycles. The Morgan fingerprint density at radius 2 is 1.21 bits per heavy atom. The first kappa shape index (κ1) is 23.9. The molecule has 2 rings (SSSR count). The second-order valence-corrected chi connectivity index (χ2v) is 8.37. The largest absolute Gasteiger partial charge is 0.493 e. The van der Waals surface area contributed by atoms with Gasteiger partial charge in [-0.15, -0.1) is 0 Å². The maximum absolute atomic E-state index is 6.46. The molecule has 0 aromatic heterocycles. The average Bonchev–Trinajstić information content (AvgIpc) is 2.73. The van der Waals surface area contributed by atoms with Gasteiger partial charge in [0.05, 0.1) is 18.2 Å². The highest BCUT2D eigenvalue weighted by molar-refractivity contribution is 6.33. The van der Waals surface area contributed by atoms with Gasteiger partial charge in [0, 0.05) is 10.8 Å². The summed E-state index contributed by atoms with van der Waals surface area (Å²) in [5.41, 5.74) is 0. The van der Waals surface area contributed by atoms with E-state index in [4.69, 9.17) is 21.1 Å². The van der Waals surface area contributed by atoms with Gasteiger partial charge in [-0.25, -0.2) is 0 Å². The van der Waals surface area contributed by atoms with Crippen LogP contribution in [0.2, 0.25) is 5.02 Å². The quantitative estimate of drug-likeness (QED) is 0.253. The number of unbranched alkanes of at least 4 members (excludes halogenated alkanes) is 10. The van der Waals surface area contributed by atoms with Gasteiger partial charge in [0.25, 0.3) is 0 Å². The highest BCUT2D eigenvalue weighted by Crippen LogP contribution is 2.37. The lowest BCUT2D eigenvalue weighted by Gasteiger charge is -2.14. The highest BCUT2D eigenvalue weighted by atomic mass is 35.5. The van der Waals surface area contributed by atoms with Gasteiger partial charge in [-0.2, -0.15) is 0 Å². The van der Waals surface area contributed by atoms with Gasteiger partial charge >= 0.3 is 0 Å². The molecule has 0 fully saturated rings. The highest BCUT2D eigenvalue weighted by Gasteiger charge is 2.11. The van der Waals surface area contributed by atoms with Crippen LogP contribution in [0.5, 0.6) is 11.5 Å². The molecule has 0 N–H and O–H groups in total. The number of benzene rings is 2. The Morgan fingerprint density at radius 1 is 0.621 bits per heavy atom. The number of halogens is 1. The second-order valence-electron chi connectivity index (χ2n) is 7.96.